The lowest BCUT2D eigenvalue weighted by molar-refractivity contribution is 0.184. The van der Waals surface area contributed by atoms with Gasteiger partial charge in [0.1, 0.15) is 17.4 Å². The minimum Gasteiger partial charge on any atom is -0.497 e. The normalized spacial score (nSPS) is 16.4. The van der Waals surface area contributed by atoms with Crippen LogP contribution in [-0.4, -0.2) is 41.3 Å². The molecule has 1 aliphatic rings. The zero-order valence-corrected chi connectivity index (χ0v) is 16.3. The second-order valence-electron chi connectivity index (χ2n) is 7.03. The first kappa shape index (κ1) is 19.8. The number of hydrogen-bond acceptors (Lipinski definition) is 5. The molecular formula is C21H20F2N4O3. The molecule has 4 rings (SSSR count). The lowest BCUT2D eigenvalue weighted by atomic mass is 9.98. The van der Waals surface area contributed by atoms with E-state index in [1.54, 1.807) is 12.0 Å². The number of halogens is 2. The molecule has 7 nitrogen and oxygen atoms in total. The van der Waals surface area contributed by atoms with Gasteiger partial charge in [0.15, 0.2) is 0 Å². The third kappa shape index (κ3) is 4.24. The van der Waals surface area contributed by atoms with Crippen molar-refractivity contribution in [2.45, 2.75) is 18.8 Å². The summed E-state index contributed by atoms with van der Waals surface area (Å²) in [5.41, 5.74) is 0.697. The number of carbonyl (C=O) groups excluding carboxylic acids is 1. The molecule has 0 spiro atoms. The topological polar surface area (TPSA) is 80.5 Å². The third-order valence-corrected chi connectivity index (χ3v) is 5.00. The summed E-state index contributed by atoms with van der Waals surface area (Å²) < 4.78 is 37.5. The van der Waals surface area contributed by atoms with Gasteiger partial charge in [0.05, 0.1) is 18.7 Å². The molecule has 0 unspecified atom stereocenters. The minimum atomic E-state index is -0.822. The number of carbonyl (C=O) groups is 1. The number of methoxy groups -OCH3 is 1. The van der Waals surface area contributed by atoms with Crippen LogP contribution in [0.1, 0.15) is 24.7 Å². The van der Waals surface area contributed by atoms with E-state index < -0.39 is 17.7 Å². The van der Waals surface area contributed by atoms with Gasteiger partial charge < -0.3 is 19.5 Å². The summed E-state index contributed by atoms with van der Waals surface area (Å²) in [7, 11) is 1.58. The average Bonchev–Trinajstić information content (AvgIpc) is 3.26. The van der Waals surface area contributed by atoms with Gasteiger partial charge in [-0.25, -0.2) is 13.6 Å². The lowest BCUT2D eigenvalue weighted by Crippen LogP contribution is -2.41. The quantitative estimate of drug-likeness (QED) is 0.683. The molecule has 1 saturated heterocycles. The Morgan fingerprint density at radius 3 is 2.93 bits per heavy atom. The van der Waals surface area contributed by atoms with E-state index in [1.165, 1.54) is 6.07 Å². The molecule has 1 aliphatic heterocycles. The van der Waals surface area contributed by atoms with E-state index in [1.807, 2.05) is 24.3 Å². The molecule has 0 aliphatic carbocycles. The van der Waals surface area contributed by atoms with Crippen LogP contribution in [0.3, 0.4) is 0 Å². The molecule has 30 heavy (non-hydrogen) atoms. The van der Waals surface area contributed by atoms with E-state index in [4.69, 9.17) is 9.26 Å². The van der Waals surface area contributed by atoms with Gasteiger partial charge in [0, 0.05) is 24.7 Å². The number of nitrogens with zero attached hydrogens (tertiary/aromatic N) is 3. The number of urea groups is 1. The molecule has 1 atom stereocenters. The molecule has 0 saturated carbocycles. The molecular weight excluding hydrogens is 394 g/mol. The van der Waals surface area contributed by atoms with Crippen LogP contribution in [0.5, 0.6) is 5.75 Å². The Balaban J connectivity index is 1.45. The Labute approximate surface area is 171 Å². The number of benzene rings is 2. The first-order valence-corrected chi connectivity index (χ1v) is 9.52. The number of aromatic nitrogens is 2. The first-order chi connectivity index (χ1) is 14.5. The molecule has 1 aromatic heterocycles. The van der Waals surface area contributed by atoms with Crippen molar-refractivity contribution in [3.05, 3.63) is 60.0 Å². The number of likely N-dealkylation sites (tertiary alicyclic amines) is 1. The maximum absolute atomic E-state index is 13.8. The third-order valence-electron chi connectivity index (χ3n) is 5.00. The van der Waals surface area contributed by atoms with Crippen molar-refractivity contribution in [1.82, 2.24) is 15.0 Å². The van der Waals surface area contributed by atoms with Crippen molar-refractivity contribution in [2.24, 2.45) is 0 Å². The van der Waals surface area contributed by atoms with E-state index in [0.717, 1.165) is 30.5 Å². The molecule has 0 radical (unpaired) electrons. The highest BCUT2D eigenvalue weighted by molar-refractivity contribution is 5.89. The Kier molecular flexibility index (Phi) is 5.60. The van der Waals surface area contributed by atoms with Crippen molar-refractivity contribution in [1.29, 1.82) is 0 Å². The number of anilines is 1. The van der Waals surface area contributed by atoms with Crippen LogP contribution in [0, 0.1) is 11.6 Å². The maximum Gasteiger partial charge on any atom is 0.321 e. The van der Waals surface area contributed by atoms with Gasteiger partial charge in [0.25, 0.3) is 0 Å². The fourth-order valence-corrected chi connectivity index (χ4v) is 3.43. The van der Waals surface area contributed by atoms with Crippen molar-refractivity contribution in [2.75, 3.05) is 25.5 Å². The number of piperidine rings is 1. The fourth-order valence-electron chi connectivity index (χ4n) is 3.43. The SMILES string of the molecule is COc1cccc(-c2noc([C@H]3CCCN(C(=O)Nc4ccc(F)cc4F)C3)n2)c1. The predicted molar refractivity (Wildman–Crippen MR) is 105 cm³/mol. The van der Waals surface area contributed by atoms with E-state index in [0.29, 0.717) is 30.6 Å². The van der Waals surface area contributed by atoms with Crippen molar-refractivity contribution >= 4 is 11.7 Å². The summed E-state index contributed by atoms with van der Waals surface area (Å²) in [6.07, 6.45) is 1.52. The van der Waals surface area contributed by atoms with Crippen molar-refractivity contribution in [3.63, 3.8) is 0 Å². The highest BCUT2D eigenvalue weighted by Gasteiger charge is 2.29. The number of ether oxygens (including phenoxy) is 1. The van der Waals surface area contributed by atoms with Gasteiger partial charge in [0.2, 0.25) is 11.7 Å². The smallest absolute Gasteiger partial charge is 0.321 e. The highest BCUT2D eigenvalue weighted by atomic mass is 19.1. The molecule has 2 heterocycles. The van der Waals surface area contributed by atoms with E-state index in [-0.39, 0.29) is 11.6 Å². The van der Waals surface area contributed by atoms with Crippen LogP contribution in [0.25, 0.3) is 11.4 Å². The summed E-state index contributed by atoms with van der Waals surface area (Å²) in [6.45, 7) is 0.871. The lowest BCUT2D eigenvalue weighted by Gasteiger charge is -2.31. The van der Waals surface area contributed by atoms with Crippen LogP contribution in [0.4, 0.5) is 19.3 Å². The van der Waals surface area contributed by atoms with Gasteiger partial charge in [-0.05, 0) is 37.1 Å². The summed E-state index contributed by atoms with van der Waals surface area (Å²) in [4.78, 5) is 18.6. The van der Waals surface area contributed by atoms with Gasteiger partial charge in [-0.15, -0.1) is 0 Å². The van der Waals surface area contributed by atoms with E-state index >= 15 is 0 Å². The number of amides is 2. The highest BCUT2D eigenvalue weighted by Crippen LogP contribution is 2.29. The monoisotopic (exact) mass is 414 g/mol. The van der Waals surface area contributed by atoms with Crippen LogP contribution in [0.2, 0.25) is 0 Å². The largest absolute Gasteiger partial charge is 0.497 e. The molecule has 9 heteroatoms. The predicted octanol–water partition coefficient (Wildman–Crippen LogP) is 4.43. The average molecular weight is 414 g/mol. The zero-order valence-electron chi connectivity index (χ0n) is 16.3. The molecule has 2 aromatic carbocycles. The molecule has 156 valence electrons. The van der Waals surface area contributed by atoms with E-state index in [2.05, 4.69) is 15.5 Å². The first-order valence-electron chi connectivity index (χ1n) is 9.52. The zero-order chi connectivity index (χ0) is 21.1. The van der Waals surface area contributed by atoms with Crippen LogP contribution in [0.15, 0.2) is 47.0 Å². The summed E-state index contributed by atoms with van der Waals surface area (Å²) >= 11 is 0. The maximum atomic E-state index is 13.8. The summed E-state index contributed by atoms with van der Waals surface area (Å²) in [5.74, 6) is -0.0811. The fraction of sp³-hybridized carbons (Fsp3) is 0.286. The minimum absolute atomic E-state index is 0.0679. The van der Waals surface area contributed by atoms with Gasteiger partial charge in [-0.3, -0.25) is 0 Å². The van der Waals surface area contributed by atoms with Crippen molar-refractivity contribution < 1.29 is 22.8 Å². The second-order valence-corrected chi connectivity index (χ2v) is 7.03. The van der Waals surface area contributed by atoms with Crippen molar-refractivity contribution in [3.8, 4) is 17.1 Å². The van der Waals surface area contributed by atoms with Gasteiger partial charge in [-0.1, -0.05) is 17.3 Å². The summed E-state index contributed by atoms with van der Waals surface area (Å²) in [5, 5.41) is 6.54. The summed E-state index contributed by atoms with van der Waals surface area (Å²) in [6, 6.07) is 9.89. The Morgan fingerprint density at radius 1 is 1.27 bits per heavy atom. The Bertz CT molecular complexity index is 1060. The van der Waals surface area contributed by atoms with Gasteiger partial charge in [-0.2, -0.15) is 4.98 Å². The van der Waals surface area contributed by atoms with Crippen LogP contribution < -0.4 is 10.1 Å². The molecule has 1 fully saturated rings. The number of nitrogens with one attached hydrogen (secondary N) is 1. The molecule has 3 aromatic rings. The number of rotatable bonds is 4. The van der Waals surface area contributed by atoms with Crippen LogP contribution >= 0.6 is 0 Å². The molecule has 1 N–H and O–H groups in total. The van der Waals surface area contributed by atoms with Gasteiger partial charge >= 0.3 is 6.03 Å². The standard InChI is InChI=1S/C21H20F2N4O3/c1-29-16-6-2-4-13(10-16)19-25-20(30-26-19)14-5-3-9-27(12-14)21(28)24-18-8-7-15(22)11-17(18)23/h2,4,6-8,10-11,14H,3,5,9,12H2,1H3,(H,24,28)/t14-/m0/s1. The molecule has 2 amide bonds. The van der Waals surface area contributed by atoms with Crippen LogP contribution in [-0.2, 0) is 0 Å². The Hall–Kier alpha value is -3.49. The number of hydrogen-bond donors (Lipinski definition) is 1. The van der Waals surface area contributed by atoms with E-state index in [9.17, 15) is 13.6 Å². The second kappa shape index (κ2) is 8.48. The molecule has 0 bridgehead atoms. The Morgan fingerprint density at radius 2 is 2.13 bits per heavy atom.